The Morgan fingerprint density at radius 2 is 1.50 bits per heavy atom. The highest BCUT2D eigenvalue weighted by Gasteiger charge is 2.24. The third-order valence-corrected chi connectivity index (χ3v) is 7.59. The maximum Gasteiger partial charge on any atom is 0.264 e. The molecule has 2 aliphatic heterocycles. The van der Waals surface area contributed by atoms with Crippen LogP contribution in [-0.4, -0.2) is 70.5 Å². The molecular formula is C27H31N3O3S. The van der Waals surface area contributed by atoms with E-state index in [1.165, 1.54) is 5.69 Å². The lowest BCUT2D eigenvalue weighted by molar-refractivity contribution is 0.0789. The van der Waals surface area contributed by atoms with E-state index in [4.69, 9.17) is 9.47 Å². The predicted molar refractivity (Wildman–Crippen MR) is 138 cm³/mol. The number of rotatable bonds is 6. The summed E-state index contributed by atoms with van der Waals surface area (Å²) in [6.45, 7) is 6.92. The van der Waals surface area contributed by atoms with Crippen LogP contribution >= 0.6 is 11.3 Å². The fraction of sp³-hybridized carbons (Fsp3) is 0.370. The third kappa shape index (κ3) is 4.97. The largest absolute Gasteiger partial charge is 0.378 e. The SMILES string of the molecule is CN(Cc1ccccc1N1CCOCC1)C(=O)c1cc(-c2ccccc2)c(N2CCOCC2)s1. The van der Waals surface area contributed by atoms with Crippen LogP contribution in [0, 0.1) is 0 Å². The highest BCUT2D eigenvalue weighted by Crippen LogP contribution is 2.40. The molecule has 2 aliphatic rings. The van der Waals surface area contributed by atoms with E-state index in [9.17, 15) is 4.79 Å². The summed E-state index contributed by atoms with van der Waals surface area (Å²) in [6, 6.07) is 20.8. The first-order chi connectivity index (χ1) is 16.7. The molecule has 1 amide bonds. The molecule has 0 radical (unpaired) electrons. The van der Waals surface area contributed by atoms with Crippen molar-refractivity contribution in [2.45, 2.75) is 6.54 Å². The molecule has 0 atom stereocenters. The Morgan fingerprint density at radius 1 is 0.882 bits per heavy atom. The Bertz CT molecular complexity index is 1110. The van der Waals surface area contributed by atoms with Crippen molar-refractivity contribution in [2.75, 3.05) is 69.5 Å². The van der Waals surface area contributed by atoms with Crippen molar-refractivity contribution >= 4 is 27.9 Å². The van der Waals surface area contributed by atoms with Gasteiger partial charge in [0.2, 0.25) is 0 Å². The molecule has 0 aliphatic carbocycles. The molecule has 3 aromatic rings. The number of benzene rings is 2. The zero-order valence-electron chi connectivity index (χ0n) is 19.6. The number of ether oxygens (including phenoxy) is 2. The van der Waals surface area contributed by atoms with Gasteiger partial charge in [-0.05, 0) is 23.3 Å². The van der Waals surface area contributed by atoms with Crippen molar-refractivity contribution in [2.24, 2.45) is 0 Å². The molecule has 0 N–H and O–H groups in total. The van der Waals surface area contributed by atoms with Gasteiger partial charge in [-0.25, -0.2) is 0 Å². The van der Waals surface area contributed by atoms with Gasteiger partial charge in [0, 0.05) is 51.0 Å². The van der Waals surface area contributed by atoms with Crippen molar-refractivity contribution in [1.82, 2.24) is 4.90 Å². The lowest BCUT2D eigenvalue weighted by Gasteiger charge is -2.31. The summed E-state index contributed by atoms with van der Waals surface area (Å²) in [5.41, 5.74) is 4.61. The zero-order valence-corrected chi connectivity index (χ0v) is 20.4. The number of hydrogen-bond acceptors (Lipinski definition) is 6. The molecular weight excluding hydrogens is 446 g/mol. The molecule has 0 unspecified atom stereocenters. The molecule has 2 saturated heterocycles. The van der Waals surface area contributed by atoms with Crippen LogP contribution in [0.1, 0.15) is 15.2 Å². The maximum atomic E-state index is 13.6. The fourth-order valence-electron chi connectivity index (χ4n) is 4.59. The monoisotopic (exact) mass is 477 g/mol. The Kier molecular flexibility index (Phi) is 7.13. The number of carbonyl (C=O) groups excluding carboxylic acids is 1. The van der Waals surface area contributed by atoms with Crippen LogP contribution in [-0.2, 0) is 16.0 Å². The second-order valence-corrected chi connectivity index (χ2v) is 9.71. The lowest BCUT2D eigenvalue weighted by atomic mass is 10.1. The van der Waals surface area contributed by atoms with E-state index in [2.05, 4.69) is 46.2 Å². The number of anilines is 2. The van der Waals surface area contributed by atoms with Gasteiger partial charge in [0.15, 0.2) is 0 Å². The minimum Gasteiger partial charge on any atom is -0.378 e. The minimum atomic E-state index is 0.0541. The first-order valence-corrected chi connectivity index (χ1v) is 12.7. The zero-order chi connectivity index (χ0) is 23.3. The summed E-state index contributed by atoms with van der Waals surface area (Å²) in [6.07, 6.45) is 0. The molecule has 1 aromatic heterocycles. The van der Waals surface area contributed by atoms with Gasteiger partial charge in [-0.15, -0.1) is 11.3 Å². The lowest BCUT2D eigenvalue weighted by Crippen LogP contribution is -2.37. The summed E-state index contributed by atoms with van der Waals surface area (Å²) in [5.74, 6) is 0.0541. The highest BCUT2D eigenvalue weighted by atomic mass is 32.1. The minimum absolute atomic E-state index is 0.0541. The van der Waals surface area contributed by atoms with Crippen LogP contribution in [0.2, 0.25) is 0 Å². The van der Waals surface area contributed by atoms with Crippen LogP contribution in [0.25, 0.3) is 11.1 Å². The second-order valence-electron chi connectivity index (χ2n) is 8.68. The van der Waals surface area contributed by atoms with Crippen LogP contribution in [0.4, 0.5) is 10.7 Å². The Hall–Kier alpha value is -2.87. The highest BCUT2D eigenvalue weighted by molar-refractivity contribution is 7.18. The summed E-state index contributed by atoms with van der Waals surface area (Å²) in [5, 5.41) is 1.15. The standard InChI is InChI=1S/C27H31N3O3S/c1-28(20-22-9-5-6-10-24(22)29-11-15-32-16-12-29)26(31)25-19-23(21-7-3-2-4-8-21)27(34-25)30-13-17-33-18-14-30/h2-10,19H,11-18,20H2,1H3. The number of para-hydroxylation sites is 1. The van der Waals surface area contributed by atoms with Crippen LogP contribution in [0.15, 0.2) is 60.7 Å². The van der Waals surface area contributed by atoms with Crippen LogP contribution < -0.4 is 9.80 Å². The quantitative estimate of drug-likeness (QED) is 0.528. The second kappa shape index (κ2) is 10.6. The van der Waals surface area contributed by atoms with Gasteiger partial charge in [0.25, 0.3) is 5.91 Å². The number of hydrogen-bond donors (Lipinski definition) is 0. The van der Waals surface area contributed by atoms with Crippen molar-refractivity contribution in [1.29, 1.82) is 0 Å². The molecule has 7 heteroatoms. The van der Waals surface area contributed by atoms with E-state index in [1.54, 1.807) is 11.3 Å². The number of carbonyl (C=O) groups is 1. The predicted octanol–water partition coefficient (Wildman–Crippen LogP) is 4.36. The van der Waals surface area contributed by atoms with Crippen molar-refractivity contribution < 1.29 is 14.3 Å². The average Bonchev–Trinajstić information content (AvgIpc) is 3.36. The topological polar surface area (TPSA) is 45.2 Å². The number of morpholine rings is 2. The van der Waals surface area contributed by atoms with Gasteiger partial charge in [-0.1, -0.05) is 48.5 Å². The van der Waals surface area contributed by atoms with E-state index in [-0.39, 0.29) is 5.91 Å². The molecule has 2 aromatic carbocycles. The molecule has 5 rings (SSSR count). The van der Waals surface area contributed by atoms with E-state index in [1.807, 2.05) is 36.2 Å². The van der Waals surface area contributed by atoms with E-state index in [0.717, 1.165) is 66.0 Å². The Morgan fingerprint density at radius 3 is 2.21 bits per heavy atom. The summed E-state index contributed by atoms with van der Waals surface area (Å²) < 4.78 is 11.1. The summed E-state index contributed by atoms with van der Waals surface area (Å²) >= 11 is 1.59. The molecule has 2 fully saturated rings. The normalized spacial score (nSPS) is 16.5. The van der Waals surface area contributed by atoms with E-state index >= 15 is 0 Å². The van der Waals surface area contributed by atoms with Gasteiger partial charge in [-0.3, -0.25) is 4.79 Å². The number of nitrogens with zero attached hydrogens (tertiary/aromatic N) is 3. The van der Waals surface area contributed by atoms with Crippen LogP contribution in [0.3, 0.4) is 0 Å². The third-order valence-electron chi connectivity index (χ3n) is 6.40. The Labute approximate surface area is 205 Å². The average molecular weight is 478 g/mol. The van der Waals surface area contributed by atoms with E-state index in [0.29, 0.717) is 19.8 Å². The Balaban J connectivity index is 1.40. The van der Waals surface area contributed by atoms with Crippen molar-refractivity contribution in [3.8, 4) is 11.1 Å². The van der Waals surface area contributed by atoms with Gasteiger partial charge < -0.3 is 24.2 Å². The smallest absolute Gasteiger partial charge is 0.264 e. The number of amides is 1. The van der Waals surface area contributed by atoms with Gasteiger partial charge >= 0.3 is 0 Å². The molecule has 34 heavy (non-hydrogen) atoms. The molecule has 6 nitrogen and oxygen atoms in total. The maximum absolute atomic E-state index is 13.6. The molecule has 0 spiro atoms. The van der Waals surface area contributed by atoms with Crippen molar-refractivity contribution in [3.05, 3.63) is 71.1 Å². The van der Waals surface area contributed by atoms with Crippen molar-refractivity contribution in [3.63, 3.8) is 0 Å². The fourth-order valence-corrected chi connectivity index (χ4v) is 5.81. The van der Waals surface area contributed by atoms with Gasteiger partial charge in [-0.2, -0.15) is 0 Å². The molecule has 3 heterocycles. The van der Waals surface area contributed by atoms with Crippen LogP contribution in [0.5, 0.6) is 0 Å². The molecule has 178 valence electrons. The summed E-state index contributed by atoms with van der Waals surface area (Å²) in [4.78, 5) is 20.9. The first kappa shape index (κ1) is 22.9. The molecule has 0 bridgehead atoms. The van der Waals surface area contributed by atoms with Gasteiger partial charge in [0.1, 0.15) is 0 Å². The van der Waals surface area contributed by atoms with E-state index < -0.39 is 0 Å². The molecule has 0 saturated carbocycles. The summed E-state index contributed by atoms with van der Waals surface area (Å²) in [7, 11) is 1.90. The first-order valence-electron chi connectivity index (χ1n) is 11.9. The number of thiophene rings is 1. The van der Waals surface area contributed by atoms with Gasteiger partial charge in [0.05, 0.1) is 36.3 Å².